The topological polar surface area (TPSA) is 28.2 Å². The molecule has 1 aliphatic carbocycles. The quantitative estimate of drug-likeness (QED) is 0.817. The van der Waals surface area contributed by atoms with Crippen LogP contribution >= 0.6 is 0 Å². The maximum atomic E-state index is 4.77. The number of rotatable bonds is 7. The standard InChI is InChI=1S/C18H31N3/c1-5-19-15(4)17-11-8-12-20-18(17)21(13-14(2)3)16-9-6-7-10-16/h8,11-12,14-16,19H,5-7,9-10,13H2,1-4H3. The molecule has 1 aromatic heterocycles. The van der Waals surface area contributed by atoms with Gasteiger partial charge in [0.05, 0.1) is 0 Å². The molecule has 3 nitrogen and oxygen atoms in total. The van der Waals surface area contributed by atoms with Gasteiger partial charge in [-0.3, -0.25) is 0 Å². The molecule has 1 saturated carbocycles. The number of hydrogen-bond acceptors (Lipinski definition) is 3. The first kappa shape index (κ1) is 16.3. The first-order valence-electron chi connectivity index (χ1n) is 8.58. The van der Waals surface area contributed by atoms with E-state index >= 15 is 0 Å². The molecule has 118 valence electrons. The van der Waals surface area contributed by atoms with Crippen LogP contribution in [0.2, 0.25) is 0 Å². The van der Waals surface area contributed by atoms with Gasteiger partial charge in [-0.1, -0.05) is 39.7 Å². The van der Waals surface area contributed by atoms with Crippen molar-refractivity contribution in [3.8, 4) is 0 Å². The normalized spacial score (nSPS) is 17.4. The third-order valence-electron chi connectivity index (χ3n) is 4.39. The van der Waals surface area contributed by atoms with Crippen LogP contribution in [0.1, 0.15) is 65.0 Å². The lowest BCUT2D eigenvalue weighted by Crippen LogP contribution is -2.38. The largest absolute Gasteiger partial charge is 0.353 e. The molecule has 0 saturated heterocycles. The molecule has 1 atom stereocenters. The van der Waals surface area contributed by atoms with Gasteiger partial charge in [0.1, 0.15) is 5.82 Å². The van der Waals surface area contributed by atoms with E-state index in [0.717, 1.165) is 13.1 Å². The predicted molar refractivity (Wildman–Crippen MR) is 90.8 cm³/mol. The SMILES string of the molecule is CCNC(C)c1cccnc1N(CC(C)C)C1CCCC1. The molecule has 1 aromatic rings. The maximum Gasteiger partial charge on any atom is 0.133 e. The van der Waals surface area contributed by atoms with Crippen molar-refractivity contribution in [1.82, 2.24) is 10.3 Å². The highest BCUT2D eigenvalue weighted by Gasteiger charge is 2.26. The van der Waals surface area contributed by atoms with Crippen molar-refractivity contribution in [3.63, 3.8) is 0 Å². The van der Waals surface area contributed by atoms with Gasteiger partial charge in [0.15, 0.2) is 0 Å². The van der Waals surface area contributed by atoms with E-state index in [1.807, 2.05) is 6.20 Å². The van der Waals surface area contributed by atoms with Crippen LogP contribution in [-0.4, -0.2) is 24.1 Å². The van der Waals surface area contributed by atoms with E-state index in [-0.39, 0.29) is 0 Å². The molecule has 1 aliphatic rings. The van der Waals surface area contributed by atoms with Gasteiger partial charge < -0.3 is 10.2 Å². The molecule has 1 fully saturated rings. The average Bonchev–Trinajstić information content (AvgIpc) is 2.99. The third-order valence-corrected chi connectivity index (χ3v) is 4.39. The van der Waals surface area contributed by atoms with Crippen LogP contribution in [0.4, 0.5) is 5.82 Å². The first-order chi connectivity index (χ1) is 10.1. The second kappa shape index (κ2) is 7.79. The molecule has 1 unspecified atom stereocenters. The Bertz CT molecular complexity index is 424. The van der Waals surface area contributed by atoms with Crippen LogP contribution in [0.25, 0.3) is 0 Å². The van der Waals surface area contributed by atoms with E-state index in [0.29, 0.717) is 18.0 Å². The molecule has 21 heavy (non-hydrogen) atoms. The predicted octanol–water partition coefficient (Wildman–Crippen LogP) is 4.16. The van der Waals surface area contributed by atoms with Crippen molar-refractivity contribution >= 4 is 5.82 Å². The minimum Gasteiger partial charge on any atom is -0.353 e. The Morgan fingerprint density at radius 1 is 1.29 bits per heavy atom. The number of hydrogen-bond donors (Lipinski definition) is 1. The monoisotopic (exact) mass is 289 g/mol. The number of nitrogens with one attached hydrogen (secondary N) is 1. The summed E-state index contributed by atoms with van der Waals surface area (Å²) in [5.41, 5.74) is 1.34. The van der Waals surface area contributed by atoms with Gasteiger partial charge >= 0.3 is 0 Å². The van der Waals surface area contributed by atoms with E-state index in [2.05, 4.69) is 50.0 Å². The molecule has 0 bridgehead atoms. The highest BCUT2D eigenvalue weighted by Crippen LogP contribution is 2.32. The van der Waals surface area contributed by atoms with Crippen molar-refractivity contribution < 1.29 is 0 Å². The Kier molecular flexibility index (Phi) is 6.04. The summed E-state index contributed by atoms with van der Waals surface area (Å²) in [7, 11) is 0. The third kappa shape index (κ3) is 4.19. The molecule has 0 amide bonds. The lowest BCUT2D eigenvalue weighted by molar-refractivity contribution is 0.522. The summed E-state index contributed by atoms with van der Waals surface area (Å²) in [6.07, 6.45) is 7.31. The minimum atomic E-state index is 0.356. The summed E-state index contributed by atoms with van der Waals surface area (Å²) in [5.74, 6) is 1.86. The average molecular weight is 289 g/mol. The summed E-state index contributed by atoms with van der Waals surface area (Å²) < 4.78 is 0. The summed E-state index contributed by atoms with van der Waals surface area (Å²) in [5, 5.41) is 3.53. The second-order valence-corrected chi connectivity index (χ2v) is 6.68. The van der Waals surface area contributed by atoms with E-state index in [1.165, 1.54) is 37.1 Å². The van der Waals surface area contributed by atoms with Gasteiger partial charge in [0.25, 0.3) is 0 Å². The minimum absolute atomic E-state index is 0.356. The fraction of sp³-hybridized carbons (Fsp3) is 0.722. The van der Waals surface area contributed by atoms with Crippen LogP contribution in [-0.2, 0) is 0 Å². The number of aromatic nitrogens is 1. The Balaban J connectivity index is 2.29. The molecule has 0 aromatic carbocycles. The fourth-order valence-electron chi connectivity index (χ4n) is 3.42. The molecular formula is C18H31N3. The van der Waals surface area contributed by atoms with Crippen molar-refractivity contribution in [3.05, 3.63) is 23.9 Å². The molecule has 1 heterocycles. The number of nitrogens with zero attached hydrogens (tertiary/aromatic N) is 2. The zero-order chi connectivity index (χ0) is 15.2. The summed E-state index contributed by atoms with van der Waals surface area (Å²) in [4.78, 5) is 7.35. The van der Waals surface area contributed by atoms with Gasteiger partial charge in [0, 0.05) is 30.4 Å². The lowest BCUT2D eigenvalue weighted by Gasteiger charge is -2.34. The van der Waals surface area contributed by atoms with Crippen molar-refractivity contribution in [2.45, 2.75) is 65.5 Å². The van der Waals surface area contributed by atoms with Crippen molar-refractivity contribution in [1.29, 1.82) is 0 Å². The van der Waals surface area contributed by atoms with Crippen LogP contribution in [0.15, 0.2) is 18.3 Å². The Hall–Kier alpha value is -1.09. The zero-order valence-corrected chi connectivity index (χ0v) is 14.1. The van der Waals surface area contributed by atoms with Crippen LogP contribution in [0, 0.1) is 5.92 Å². The lowest BCUT2D eigenvalue weighted by atomic mass is 10.1. The summed E-state index contributed by atoms with van der Waals surface area (Å²) >= 11 is 0. The molecule has 0 spiro atoms. The zero-order valence-electron chi connectivity index (χ0n) is 14.1. The van der Waals surface area contributed by atoms with Gasteiger partial charge in [-0.05, 0) is 38.3 Å². The van der Waals surface area contributed by atoms with Gasteiger partial charge in [-0.15, -0.1) is 0 Å². The number of anilines is 1. The number of pyridine rings is 1. The maximum absolute atomic E-state index is 4.77. The van der Waals surface area contributed by atoms with E-state index in [9.17, 15) is 0 Å². The van der Waals surface area contributed by atoms with Gasteiger partial charge in [-0.25, -0.2) is 4.98 Å². The molecular weight excluding hydrogens is 258 g/mol. The molecule has 1 N–H and O–H groups in total. The van der Waals surface area contributed by atoms with Crippen LogP contribution in [0.3, 0.4) is 0 Å². The molecule has 2 rings (SSSR count). The fourth-order valence-corrected chi connectivity index (χ4v) is 3.42. The second-order valence-electron chi connectivity index (χ2n) is 6.68. The van der Waals surface area contributed by atoms with E-state index < -0.39 is 0 Å². The summed E-state index contributed by atoms with van der Waals surface area (Å²) in [6, 6.07) is 5.33. The van der Waals surface area contributed by atoms with E-state index in [1.54, 1.807) is 0 Å². The Morgan fingerprint density at radius 2 is 2.00 bits per heavy atom. The van der Waals surface area contributed by atoms with Crippen molar-refractivity contribution in [2.24, 2.45) is 5.92 Å². The Morgan fingerprint density at radius 3 is 2.62 bits per heavy atom. The molecule has 0 aliphatic heterocycles. The molecule has 3 heteroatoms. The Labute approximate surface area is 130 Å². The van der Waals surface area contributed by atoms with Crippen LogP contribution < -0.4 is 10.2 Å². The van der Waals surface area contributed by atoms with Gasteiger partial charge in [0.2, 0.25) is 0 Å². The summed E-state index contributed by atoms with van der Waals surface area (Å²) in [6.45, 7) is 11.1. The van der Waals surface area contributed by atoms with E-state index in [4.69, 9.17) is 4.98 Å². The first-order valence-corrected chi connectivity index (χ1v) is 8.58. The van der Waals surface area contributed by atoms with Gasteiger partial charge in [-0.2, -0.15) is 0 Å². The smallest absolute Gasteiger partial charge is 0.133 e. The van der Waals surface area contributed by atoms with Crippen LogP contribution in [0.5, 0.6) is 0 Å². The van der Waals surface area contributed by atoms with Crippen molar-refractivity contribution in [2.75, 3.05) is 18.0 Å². The highest BCUT2D eigenvalue weighted by atomic mass is 15.2. The molecule has 0 radical (unpaired) electrons. The highest BCUT2D eigenvalue weighted by molar-refractivity contribution is 5.49.